The van der Waals surface area contributed by atoms with Crippen molar-refractivity contribution in [2.75, 3.05) is 18.0 Å². The number of aromatic nitrogens is 1. The molecular weight excluding hydrogens is 294 g/mol. The maximum atomic E-state index is 11.9. The first-order valence-corrected chi connectivity index (χ1v) is 7.43. The molecular formula is C13H13N3O2S2. The van der Waals surface area contributed by atoms with E-state index in [0.29, 0.717) is 18.1 Å². The van der Waals surface area contributed by atoms with Gasteiger partial charge in [0, 0.05) is 11.6 Å². The lowest BCUT2D eigenvalue weighted by atomic mass is 10.3. The maximum absolute atomic E-state index is 11.9. The summed E-state index contributed by atoms with van der Waals surface area (Å²) in [4.78, 5) is 19.5. The van der Waals surface area contributed by atoms with Crippen LogP contribution in [0.1, 0.15) is 6.92 Å². The molecule has 1 aliphatic rings. The van der Waals surface area contributed by atoms with Crippen LogP contribution in [-0.4, -0.2) is 35.3 Å². The van der Waals surface area contributed by atoms with Crippen LogP contribution in [0.15, 0.2) is 24.4 Å². The number of hydrogen-bond acceptors (Lipinski definition) is 5. The smallest absolute Gasteiger partial charge is 0.415 e. The molecule has 0 unspecified atom stereocenters. The van der Waals surface area contributed by atoms with Crippen molar-refractivity contribution >= 4 is 49.9 Å². The van der Waals surface area contributed by atoms with E-state index < -0.39 is 0 Å². The standard InChI is InChI=1S/C13H13N3O2S2/c1-8(19)15-6-10-7-16(13(17)18-10)11-5-9-3-2-4-14-12(9)20-11/h2-5,10H,6-7H2,1H3,(H,15,19)/t10-/m0/s1. The normalized spacial score (nSPS) is 18.4. The second-order valence-corrected chi connectivity index (χ2v) is 6.16. The molecule has 1 N–H and O–H groups in total. The van der Waals surface area contributed by atoms with Crippen LogP contribution >= 0.6 is 23.6 Å². The number of hydrogen-bond donors (Lipinski definition) is 1. The fourth-order valence-electron chi connectivity index (χ4n) is 2.06. The number of nitrogens with zero attached hydrogens (tertiary/aromatic N) is 2. The Morgan fingerprint density at radius 3 is 3.30 bits per heavy atom. The van der Waals surface area contributed by atoms with Crippen LogP contribution in [0.2, 0.25) is 0 Å². The van der Waals surface area contributed by atoms with Crippen LogP contribution in [0.3, 0.4) is 0 Å². The molecule has 5 nitrogen and oxygen atoms in total. The Labute approximate surface area is 125 Å². The molecule has 0 aliphatic carbocycles. The van der Waals surface area contributed by atoms with Crippen molar-refractivity contribution in [3.8, 4) is 0 Å². The number of nitrogens with one attached hydrogen (secondary N) is 1. The first kappa shape index (κ1) is 13.3. The predicted octanol–water partition coefficient (Wildman–Crippen LogP) is 2.56. The highest BCUT2D eigenvalue weighted by Gasteiger charge is 2.33. The molecule has 0 saturated carbocycles. The number of cyclic esters (lactones) is 1. The summed E-state index contributed by atoms with van der Waals surface area (Å²) in [6.07, 6.45) is 1.25. The summed E-state index contributed by atoms with van der Waals surface area (Å²) in [7, 11) is 0. The van der Waals surface area contributed by atoms with Crippen LogP contribution < -0.4 is 10.2 Å². The van der Waals surface area contributed by atoms with Gasteiger partial charge < -0.3 is 10.1 Å². The van der Waals surface area contributed by atoms with E-state index in [9.17, 15) is 4.79 Å². The zero-order chi connectivity index (χ0) is 14.1. The molecule has 2 aromatic heterocycles. The van der Waals surface area contributed by atoms with Gasteiger partial charge in [0.25, 0.3) is 0 Å². The lowest BCUT2D eigenvalue weighted by Crippen LogP contribution is -2.32. The summed E-state index contributed by atoms with van der Waals surface area (Å²) >= 11 is 6.45. The summed E-state index contributed by atoms with van der Waals surface area (Å²) in [5.41, 5.74) is 0. The lowest BCUT2D eigenvalue weighted by Gasteiger charge is -2.10. The van der Waals surface area contributed by atoms with E-state index in [-0.39, 0.29) is 12.2 Å². The fraction of sp³-hybridized carbons (Fsp3) is 0.308. The minimum atomic E-state index is -0.314. The molecule has 0 bridgehead atoms. The molecule has 0 radical (unpaired) electrons. The number of ether oxygens (including phenoxy) is 1. The van der Waals surface area contributed by atoms with Gasteiger partial charge >= 0.3 is 6.09 Å². The monoisotopic (exact) mass is 307 g/mol. The van der Waals surface area contributed by atoms with E-state index in [4.69, 9.17) is 17.0 Å². The Morgan fingerprint density at radius 2 is 2.55 bits per heavy atom. The number of thiophene rings is 1. The summed E-state index contributed by atoms with van der Waals surface area (Å²) in [5.74, 6) is 0. The highest BCUT2D eigenvalue weighted by atomic mass is 32.1. The average molecular weight is 307 g/mol. The van der Waals surface area contributed by atoms with E-state index in [1.54, 1.807) is 11.1 Å². The zero-order valence-corrected chi connectivity index (χ0v) is 12.5. The second-order valence-electron chi connectivity index (χ2n) is 4.54. The Hall–Kier alpha value is -1.73. The van der Waals surface area contributed by atoms with Crippen LogP contribution in [0.25, 0.3) is 10.2 Å². The van der Waals surface area contributed by atoms with E-state index >= 15 is 0 Å². The molecule has 1 saturated heterocycles. The summed E-state index contributed by atoms with van der Waals surface area (Å²) in [5, 5.41) is 4.93. The summed E-state index contributed by atoms with van der Waals surface area (Å²) in [6, 6.07) is 5.84. The second kappa shape index (κ2) is 5.34. The Kier molecular flexibility index (Phi) is 3.54. The molecule has 1 fully saturated rings. The van der Waals surface area contributed by atoms with Crippen molar-refractivity contribution in [3.05, 3.63) is 24.4 Å². The van der Waals surface area contributed by atoms with Crippen LogP contribution in [0.4, 0.5) is 9.80 Å². The van der Waals surface area contributed by atoms with E-state index in [0.717, 1.165) is 15.2 Å². The Balaban J connectivity index is 1.76. The van der Waals surface area contributed by atoms with Gasteiger partial charge in [-0.3, -0.25) is 4.90 Å². The third-order valence-corrected chi connectivity index (χ3v) is 4.23. The largest absolute Gasteiger partial charge is 0.442 e. The van der Waals surface area contributed by atoms with Gasteiger partial charge in [-0.2, -0.15) is 0 Å². The predicted molar refractivity (Wildman–Crippen MR) is 83.5 cm³/mol. The van der Waals surface area contributed by atoms with E-state index in [1.165, 1.54) is 11.3 Å². The molecule has 7 heteroatoms. The number of rotatable bonds is 3. The van der Waals surface area contributed by atoms with Crippen molar-refractivity contribution < 1.29 is 9.53 Å². The first-order chi connectivity index (χ1) is 9.63. The van der Waals surface area contributed by atoms with E-state index in [2.05, 4.69) is 10.3 Å². The van der Waals surface area contributed by atoms with Crippen molar-refractivity contribution in [1.29, 1.82) is 0 Å². The van der Waals surface area contributed by atoms with Gasteiger partial charge in [-0.05, 0) is 19.1 Å². The molecule has 3 rings (SSSR count). The number of amides is 1. The Bertz CT molecular complexity index is 637. The average Bonchev–Trinajstić information content (AvgIpc) is 2.99. The van der Waals surface area contributed by atoms with Gasteiger partial charge in [-0.25, -0.2) is 9.78 Å². The number of anilines is 1. The Morgan fingerprint density at radius 1 is 1.70 bits per heavy atom. The van der Waals surface area contributed by atoms with Crippen LogP contribution in [0, 0.1) is 0 Å². The van der Waals surface area contributed by atoms with Gasteiger partial charge in [0.2, 0.25) is 0 Å². The van der Waals surface area contributed by atoms with Gasteiger partial charge in [0.1, 0.15) is 15.9 Å². The highest BCUT2D eigenvalue weighted by Crippen LogP contribution is 2.33. The zero-order valence-electron chi connectivity index (χ0n) is 10.8. The fourth-order valence-corrected chi connectivity index (χ4v) is 3.14. The van der Waals surface area contributed by atoms with Crippen molar-refractivity contribution in [1.82, 2.24) is 10.3 Å². The minimum absolute atomic E-state index is 0.182. The molecule has 1 atom stereocenters. The van der Waals surface area contributed by atoms with Gasteiger partial charge in [0.05, 0.1) is 18.1 Å². The molecule has 0 aromatic carbocycles. The highest BCUT2D eigenvalue weighted by molar-refractivity contribution is 7.80. The third-order valence-electron chi connectivity index (χ3n) is 3.00. The molecule has 3 heterocycles. The van der Waals surface area contributed by atoms with Crippen LogP contribution in [0.5, 0.6) is 0 Å². The summed E-state index contributed by atoms with van der Waals surface area (Å²) in [6.45, 7) is 2.88. The SMILES string of the molecule is CC(=S)NC[C@H]1CN(c2cc3cccnc3s2)C(=O)O1. The molecule has 1 amide bonds. The first-order valence-electron chi connectivity index (χ1n) is 6.20. The van der Waals surface area contributed by atoms with E-state index in [1.807, 2.05) is 25.1 Å². The topological polar surface area (TPSA) is 54.5 Å². The minimum Gasteiger partial charge on any atom is -0.442 e. The maximum Gasteiger partial charge on any atom is 0.415 e. The lowest BCUT2D eigenvalue weighted by molar-refractivity contribution is 0.143. The number of fused-ring (bicyclic) bond motifs is 1. The number of carbonyl (C=O) groups excluding carboxylic acids is 1. The molecule has 20 heavy (non-hydrogen) atoms. The summed E-state index contributed by atoms with van der Waals surface area (Å²) < 4.78 is 5.33. The van der Waals surface area contributed by atoms with Gasteiger partial charge in [-0.15, -0.1) is 0 Å². The van der Waals surface area contributed by atoms with Crippen molar-refractivity contribution in [2.45, 2.75) is 13.0 Å². The van der Waals surface area contributed by atoms with Crippen molar-refractivity contribution in [2.24, 2.45) is 0 Å². The number of carbonyl (C=O) groups is 1. The third kappa shape index (κ3) is 2.59. The molecule has 1 aliphatic heterocycles. The molecule has 2 aromatic rings. The quantitative estimate of drug-likeness (QED) is 0.883. The van der Waals surface area contributed by atoms with Crippen molar-refractivity contribution in [3.63, 3.8) is 0 Å². The number of thiocarbonyl (C=S) groups is 1. The molecule has 0 spiro atoms. The van der Waals surface area contributed by atoms with Gasteiger partial charge in [-0.1, -0.05) is 29.6 Å². The van der Waals surface area contributed by atoms with Gasteiger partial charge in [0.15, 0.2) is 0 Å². The molecule has 104 valence electrons. The van der Waals surface area contributed by atoms with Crippen LogP contribution in [-0.2, 0) is 4.74 Å². The number of pyridine rings is 1.